The third kappa shape index (κ3) is 3.82. The van der Waals surface area contributed by atoms with Crippen LogP contribution < -0.4 is 16.1 Å². The molecular formula is C19H23BN4O2. The molecule has 0 atom stereocenters. The smallest absolute Gasteiger partial charge is 0.295 e. The lowest BCUT2D eigenvalue weighted by atomic mass is 9.49. The molecule has 2 aromatic carbocycles. The van der Waals surface area contributed by atoms with Crippen molar-refractivity contribution in [3.8, 4) is 0 Å². The van der Waals surface area contributed by atoms with E-state index in [0.717, 1.165) is 22.2 Å². The van der Waals surface area contributed by atoms with Gasteiger partial charge < -0.3 is 19.5 Å². The van der Waals surface area contributed by atoms with Gasteiger partial charge in [0.15, 0.2) is 17.9 Å². The summed E-state index contributed by atoms with van der Waals surface area (Å²) in [6.45, 7) is 6.89. The Bertz CT molecular complexity index is 1020. The Morgan fingerprint density at radius 2 is 1.35 bits per heavy atom. The summed E-state index contributed by atoms with van der Waals surface area (Å²) in [5, 5.41) is 5.75. The maximum atomic E-state index is 5.43. The van der Waals surface area contributed by atoms with E-state index in [4.69, 9.17) is 8.83 Å². The highest BCUT2D eigenvalue weighted by Gasteiger charge is 2.08. The van der Waals surface area contributed by atoms with E-state index < -0.39 is 0 Å². The Balaban J connectivity index is 0.000000152. The van der Waals surface area contributed by atoms with Crippen LogP contribution in [0.15, 0.2) is 45.2 Å². The first-order valence-electron chi connectivity index (χ1n) is 8.63. The van der Waals surface area contributed by atoms with Gasteiger partial charge in [-0.15, -0.1) is 0 Å². The van der Waals surface area contributed by atoms with Crippen molar-refractivity contribution in [1.29, 1.82) is 0 Å². The van der Waals surface area contributed by atoms with Crippen LogP contribution in [0.5, 0.6) is 0 Å². The summed E-state index contributed by atoms with van der Waals surface area (Å²) >= 11 is 0. The summed E-state index contributed by atoms with van der Waals surface area (Å²) in [6, 6.07) is 13.2. The van der Waals surface area contributed by atoms with Crippen LogP contribution >= 0.6 is 0 Å². The number of rotatable bonds is 3. The van der Waals surface area contributed by atoms with Crippen molar-refractivity contribution >= 4 is 46.4 Å². The van der Waals surface area contributed by atoms with Crippen molar-refractivity contribution in [2.75, 3.05) is 24.7 Å². The Morgan fingerprint density at radius 1 is 0.808 bits per heavy atom. The van der Waals surface area contributed by atoms with Crippen LogP contribution in [0.1, 0.15) is 5.56 Å². The van der Waals surface area contributed by atoms with Crippen LogP contribution in [0.2, 0.25) is 13.6 Å². The van der Waals surface area contributed by atoms with Crippen molar-refractivity contribution in [2.24, 2.45) is 0 Å². The minimum atomic E-state index is 0.522. The van der Waals surface area contributed by atoms with Gasteiger partial charge in [-0.2, -0.15) is 9.97 Å². The topological polar surface area (TPSA) is 76.1 Å². The number of hydrogen-bond donors (Lipinski definition) is 2. The van der Waals surface area contributed by atoms with Crippen LogP contribution in [-0.2, 0) is 0 Å². The van der Waals surface area contributed by atoms with E-state index >= 15 is 0 Å². The maximum absolute atomic E-state index is 5.43. The molecule has 6 nitrogen and oxygen atoms in total. The third-order valence-electron chi connectivity index (χ3n) is 4.05. The predicted molar refractivity (Wildman–Crippen MR) is 109 cm³/mol. The highest BCUT2D eigenvalue weighted by molar-refractivity contribution is 6.70. The molecular weight excluding hydrogens is 327 g/mol. The normalized spacial score (nSPS) is 10.5. The third-order valence-corrected chi connectivity index (χ3v) is 4.05. The molecule has 0 unspecified atom stereocenters. The second-order valence-corrected chi connectivity index (χ2v) is 6.39. The molecule has 7 heteroatoms. The minimum absolute atomic E-state index is 0.522. The van der Waals surface area contributed by atoms with E-state index in [0.29, 0.717) is 18.7 Å². The Kier molecular flexibility index (Phi) is 5.16. The van der Waals surface area contributed by atoms with Gasteiger partial charge in [0.05, 0.1) is 0 Å². The molecule has 134 valence electrons. The number of aryl methyl sites for hydroxylation is 1. The Morgan fingerprint density at radius 3 is 1.88 bits per heavy atom. The summed E-state index contributed by atoms with van der Waals surface area (Å²) in [4.78, 5) is 8.51. The molecule has 2 heterocycles. The van der Waals surface area contributed by atoms with E-state index in [1.54, 1.807) is 14.1 Å². The fourth-order valence-electron chi connectivity index (χ4n) is 2.55. The second-order valence-electron chi connectivity index (χ2n) is 6.39. The molecule has 0 fully saturated rings. The van der Waals surface area contributed by atoms with Gasteiger partial charge in [0, 0.05) is 14.1 Å². The van der Waals surface area contributed by atoms with E-state index in [9.17, 15) is 0 Å². The number of nitrogens with one attached hydrogen (secondary N) is 2. The van der Waals surface area contributed by atoms with Gasteiger partial charge in [-0.05, 0) is 36.8 Å². The highest BCUT2D eigenvalue weighted by Crippen LogP contribution is 2.19. The number of benzene rings is 2. The first kappa shape index (κ1) is 17.9. The number of anilines is 2. The zero-order valence-corrected chi connectivity index (χ0v) is 15.8. The van der Waals surface area contributed by atoms with Gasteiger partial charge in [-0.25, -0.2) is 0 Å². The predicted octanol–water partition coefficient (Wildman–Crippen LogP) is 4.01. The Labute approximate surface area is 153 Å². The monoisotopic (exact) mass is 350 g/mol. The summed E-state index contributed by atoms with van der Waals surface area (Å²) in [5.74, 6) is 0. The van der Waals surface area contributed by atoms with Gasteiger partial charge in [-0.3, -0.25) is 0 Å². The molecule has 0 amide bonds. The first-order chi connectivity index (χ1) is 12.5. The van der Waals surface area contributed by atoms with Crippen LogP contribution in [0, 0.1) is 6.92 Å². The molecule has 0 saturated carbocycles. The summed E-state index contributed by atoms with van der Waals surface area (Å²) < 4.78 is 10.8. The molecule has 0 spiro atoms. The van der Waals surface area contributed by atoms with Crippen molar-refractivity contribution in [3.05, 3.63) is 42.0 Å². The molecule has 0 aliphatic rings. The fourth-order valence-corrected chi connectivity index (χ4v) is 2.55. The van der Waals surface area contributed by atoms with Crippen LogP contribution in [0.25, 0.3) is 22.2 Å². The average Bonchev–Trinajstić information content (AvgIpc) is 3.24. The average molecular weight is 350 g/mol. The van der Waals surface area contributed by atoms with Crippen molar-refractivity contribution in [1.82, 2.24) is 9.97 Å². The number of oxazole rings is 2. The van der Waals surface area contributed by atoms with E-state index in [-0.39, 0.29) is 0 Å². The lowest BCUT2D eigenvalue weighted by molar-refractivity contribution is 0.620. The molecule has 26 heavy (non-hydrogen) atoms. The van der Waals surface area contributed by atoms with E-state index in [2.05, 4.69) is 46.4 Å². The van der Waals surface area contributed by atoms with Crippen molar-refractivity contribution in [2.45, 2.75) is 20.6 Å². The minimum Gasteiger partial charge on any atom is -0.424 e. The van der Waals surface area contributed by atoms with Gasteiger partial charge in [-0.1, -0.05) is 31.2 Å². The zero-order valence-electron chi connectivity index (χ0n) is 15.8. The van der Waals surface area contributed by atoms with E-state index in [1.807, 2.05) is 31.2 Å². The molecule has 4 rings (SSSR count). The molecule has 4 aromatic rings. The standard InChI is InChI=1S/C10H13BN2O.C9H10N2O/c1-11(2)7-4-5-9-8(6-7)13-10(12-3)14-9;1-6-3-4-8-7(5-6)11-9(10-2)12-8/h4-6H,1-3H3,(H,12,13);3-5H,1-2H3,(H,10,11). The van der Waals surface area contributed by atoms with Gasteiger partial charge in [0.1, 0.15) is 11.0 Å². The first-order valence-corrected chi connectivity index (χ1v) is 8.63. The van der Waals surface area contributed by atoms with Crippen LogP contribution in [-0.4, -0.2) is 30.8 Å². The number of aromatic nitrogens is 2. The fraction of sp³-hybridized carbons (Fsp3) is 0.263. The second kappa shape index (κ2) is 7.51. The van der Waals surface area contributed by atoms with Crippen LogP contribution in [0.4, 0.5) is 12.0 Å². The molecule has 0 bridgehead atoms. The number of fused-ring (bicyclic) bond motifs is 2. The largest absolute Gasteiger partial charge is 0.424 e. The molecule has 0 radical (unpaired) electrons. The summed E-state index contributed by atoms with van der Waals surface area (Å²) in [7, 11) is 3.59. The highest BCUT2D eigenvalue weighted by atomic mass is 16.4. The quantitative estimate of drug-likeness (QED) is 0.544. The van der Waals surface area contributed by atoms with Crippen molar-refractivity contribution in [3.63, 3.8) is 0 Å². The van der Waals surface area contributed by atoms with Gasteiger partial charge >= 0.3 is 0 Å². The lowest BCUT2D eigenvalue weighted by Crippen LogP contribution is -2.21. The Hall–Kier alpha value is -2.96. The van der Waals surface area contributed by atoms with Gasteiger partial charge in [0.25, 0.3) is 12.0 Å². The summed E-state index contributed by atoms with van der Waals surface area (Å²) in [5.41, 5.74) is 5.95. The lowest BCUT2D eigenvalue weighted by Gasteiger charge is -1.99. The molecule has 0 saturated heterocycles. The SMILES string of the molecule is CNc1nc2cc(B(C)C)ccc2o1.CNc1nc2cc(C)ccc2o1. The molecule has 2 aromatic heterocycles. The number of nitrogens with zero attached hydrogens (tertiary/aromatic N) is 2. The van der Waals surface area contributed by atoms with Crippen molar-refractivity contribution < 1.29 is 8.83 Å². The van der Waals surface area contributed by atoms with Gasteiger partial charge in [0.2, 0.25) is 0 Å². The maximum Gasteiger partial charge on any atom is 0.295 e. The number of hydrogen-bond acceptors (Lipinski definition) is 6. The zero-order chi connectivity index (χ0) is 18.7. The molecule has 0 aliphatic heterocycles. The molecule has 2 N–H and O–H groups in total. The van der Waals surface area contributed by atoms with E-state index in [1.165, 1.54) is 11.0 Å². The van der Waals surface area contributed by atoms with Crippen LogP contribution in [0.3, 0.4) is 0 Å². The summed E-state index contributed by atoms with van der Waals surface area (Å²) in [6.07, 6.45) is 0. The molecule has 0 aliphatic carbocycles.